The summed E-state index contributed by atoms with van der Waals surface area (Å²) in [5.41, 5.74) is 2.43. The Labute approximate surface area is 123 Å². The summed E-state index contributed by atoms with van der Waals surface area (Å²) in [4.78, 5) is 12.4. The first kappa shape index (κ1) is 12.5. The fourth-order valence-electron chi connectivity index (χ4n) is 3.60. The molecule has 2 aliphatic rings. The van der Waals surface area contributed by atoms with Crippen LogP contribution in [-0.4, -0.2) is 28.4 Å². The van der Waals surface area contributed by atoms with E-state index >= 15 is 0 Å². The van der Waals surface area contributed by atoms with E-state index in [4.69, 9.17) is 6.42 Å². The van der Waals surface area contributed by atoms with Gasteiger partial charge >= 0.3 is 0 Å². The molecule has 2 N–H and O–H groups in total. The van der Waals surface area contributed by atoms with E-state index in [2.05, 4.69) is 16.6 Å². The highest BCUT2D eigenvalue weighted by Crippen LogP contribution is 2.28. The van der Waals surface area contributed by atoms with Gasteiger partial charge in [-0.25, -0.2) is 0 Å². The molecule has 4 heteroatoms. The number of carbonyl (C=O) groups excluding carboxylic acids is 1. The molecular formula is C17H17N3O. The van der Waals surface area contributed by atoms with E-state index in [-0.39, 0.29) is 11.9 Å². The van der Waals surface area contributed by atoms with Crippen molar-refractivity contribution < 1.29 is 4.79 Å². The van der Waals surface area contributed by atoms with Crippen molar-refractivity contribution in [1.29, 1.82) is 0 Å². The van der Waals surface area contributed by atoms with Gasteiger partial charge in [-0.2, -0.15) is 0 Å². The topological polar surface area (TPSA) is 45.5 Å². The van der Waals surface area contributed by atoms with Crippen LogP contribution in [0.15, 0.2) is 30.5 Å². The molecule has 1 amide bonds. The molecule has 2 saturated heterocycles. The maximum absolute atomic E-state index is 12.4. The highest BCUT2D eigenvalue weighted by Gasteiger charge is 2.39. The Morgan fingerprint density at radius 2 is 2.29 bits per heavy atom. The Morgan fingerprint density at radius 1 is 1.38 bits per heavy atom. The number of pyridine rings is 1. The normalized spacial score (nSPS) is 26.9. The largest absolute Gasteiger partial charge is 0.348 e. The molecule has 2 aromatic heterocycles. The van der Waals surface area contributed by atoms with Crippen LogP contribution in [0.3, 0.4) is 0 Å². The van der Waals surface area contributed by atoms with Gasteiger partial charge in [0.25, 0.3) is 5.91 Å². The van der Waals surface area contributed by atoms with Crippen LogP contribution in [0.2, 0.25) is 0 Å². The summed E-state index contributed by atoms with van der Waals surface area (Å²) in [5.74, 6) is 2.63. The van der Waals surface area contributed by atoms with Crippen LogP contribution in [-0.2, 0) is 0 Å². The monoisotopic (exact) mass is 279 g/mol. The summed E-state index contributed by atoms with van der Waals surface area (Å²) in [6.07, 6.45) is 10.8. The van der Waals surface area contributed by atoms with Crippen molar-refractivity contribution in [3.8, 4) is 12.3 Å². The molecule has 4 heterocycles. The predicted molar refractivity (Wildman–Crippen MR) is 81.1 cm³/mol. The van der Waals surface area contributed by atoms with Crippen LogP contribution in [0.25, 0.3) is 5.52 Å². The number of terminal acetylenes is 1. The van der Waals surface area contributed by atoms with Crippen molar-refractivity contribution >= 4 is 11.4 Å². The van der Waals surface area contributed by atoms with Crippen molar-refractivity contribution in [2.75, 3.05) is 0 Å². The van der Waals surface area contributed by atoms with Gasteiger partial charge in [0.05, 0.1) is 5.69 Å². The van der Waals surface area contributed by atoms with E-state index in [9.17, 15) is 4.79 Å². The first-order valence-corrected chi connectivity index (χ1v) is 7.39. The Morgan fingerprint density at radius 3 is 3.00 bits per heavy atom. The second-order valence-corrected chi connectivity index (χ2v) is 5.94. The van der Waals surface area contributed by atoms with Gasteiger partial charge in [0.1, 0.15) is 0 Å². The number of rotatable bonds is 2. The lowest BCUT2D eigenvalue weighted by Gasteiger charge is -2.21. The first-order valence-electron chi connectivity index (χ1n) is 7.39. The van der Waals surface area contributed by atoms with Crippen LogP contribution >= 0.6 is 0 Å². The van der Waals surface area contributed by atoms with E-state index in [1.54, 1.807) is 0 Å². The molecule has 0 saturated carbocycles. The average Bonchev–Trinajstić information content (AvgIpc) is 3.21. The number of nitrogens with zero attached hydrogens (tertiary/aromatic N) is 1. The Bertz CT molecular complexity index is 755. The van der Waals surface area contributed by atoms with Crippen LogP contribution in [0, 0.1) is 12.3 Å². The zero-order chi connectivity index (χ0) is 14.4. The standard InChI is InChI=1S/C17H17N3O/c1-2-13-4-5-14-9-11(7-8-20(13)14)17(21)19-16-10-12-3-6-15(16)18-12/h1,4-5,7-9,12,15-16,18H,3,6,10H2,(H,19,21)/t12-,15+,16-/m1/s1. The molecule has 0 unspecified atom stereocenters. The van der Waals surface area contributed by atoms with E-state index in [0.29, 0.717) is 17.6 Å². The van der Waals surface area contributed by atoms with Gasteiger partial charge in [-0.1, -0.05) is 5.92 Å². The average molecular weight is 279 g/mol. The molecule has 2 fully saturated rings. The van der Waals surface area contributed by atoms with Gasteiger partial charge in [-0.15, -0.1) is 6.42 Å². The molecule has 2 aromatic rings. The molecule has 106 valence electrons. The molecule has 0 spiro atoms. The maximum atomic E-state index is 12.4. The van der Waals surface area contributed by atoms with Crippen LogP contribution in [0.5, 0.6) is 0 Å². The Balaban J connectivity index is 1.55. The van der Waals surface area contributed by atoms with Crippen LogP contribution in [0.1, 0.15) is 35.3 Å². The zero-order valence-electron chi connectivity index (χ0n) is 11.7. The Hall–Kier alpha value is -2.25. The van der Waals surface area contributed by atoms with E-state index in [0.717, 1.165) is 17.6 Å². The first-order chi connectivity index (χ1) is 10.2. The lowest BCUT2D eigenvalue weighted by Crippen LogP contribution is -2.42. The lowest BCUT2D eigenvalue weighted by molar-refractivity contribution is 0.0931. The molecule has 0 aliphatic carbocycles. The third kappa shape index (κ3) is 2.01. The highest BCUT2D eigenvalue weighted by molar-refractivity contribution is 5.95. The second-order valence-electron chi connectivity index (χ2n) is 5.94. The number of hydrogen-bond donors (Lipinski definition) is 2. The minimum atomic E-state index is 0.000285. The van der Waals surface area contributed by atoms with Gasteiger partial charge in [0.2, 0.25) is 0 Å². The fourth-order valence-corrected chi connectivity index (χ4v) is 3.60. The fraction of sp³-hybridized carbons (Fsp3) is 0.353. The molecule has 3 atom stereocenters. The number of nitrogens with one attached hydrogen (secondary N) is 2. The molecule has 4 rings (SSSR count). The quantitative estimate of drug-likeness (QED) is 0.819. The SMILES string of the molecule is C#Cc1ccc2cc(C(=O)N[C@@H]3C[C@H]4CC[C@@H]3N4)ccn12. The molecule has 0 radical (unpaired) electrons. The number of hydrogen-bond acceptors (Lipinski definition) is 2. The van der Waals surface area contributed by atoms with Crippen LogP contribution in [0.4, 0.5) is 0 Å². The zero-order valence-corrected chi connectivity index (χ0v) is 11.7. The van der Waals surface area contributed by atoms with Gasteiger partial charge in [-0.05, 0) is 43.5 Å². The lowest BCUT2D eigenvalue weighted by atomic mass is 9.95. The summed E-state index contributed by atoms with van der Waals surface area (Å²) in [6.45, 7) is 0. The summed E-state index contributed by atoms with van der Waals surface area (Å²) in [5, 5.41) is 6.70. The number of fused-ring (bicyclic) bond motifs is 3. The van der Waals surface area contributed by atoms with Crippen molar-refractivity contribution in [3.63, 3.8) is 0 Å². The van der Waals surface area contributed by atoms with Crippen molar-refractivity contribution in [2.45, 2.75) is 37.4 Å². The summed E-state index contributed by atoms with van der Waals surface area (Å²) in [7, 11) is 0. The number of aromatic nitrogens is 1. The van der Waals surface area contributed by atoms with Gasteiger partial charge < -0.3 is 15.0 Å². The third-order valence-electron chi connectivity index (χ3n) is 4.68. The Kier molecular flexibility index (Phi) is 2.76. The van der Waals surface area contributed by atoms with E-state index < -0.39 is 0 Å². The van der Waals surface area contributed by atoms with Crippen LogP contribution < -0.4 is 10.6 Å². The molecule has 2 aliphatic heterocycles. The summed E-state index contributed by atoms with van der Waals surface area (Å²) >= 11 is 0. The molecule has 4 nitrogen and oxygen atoms in total. The van der Waals surface area contributed by atoms with E-state index in [1.807, 2.05) is 34.9 Å². The molecular weight excluding hydrogens is 262 g/mol. The summed E-state index contributed by atoms with van der Waals surface area (Å²) < 4.78 is 1.91. The van der Waals surface area contributed by atoms with E-state index in [1.165, 1.54) is 12.8 Å². The van der Waals surface area contributed by atoms with Gasteiger partial charge in [-0.3, -0.25) is 4.79 Å². The van der Waals surface area contributed by atoms with Gasteiger partial charge in [0, 0.05) is 35.4 Å². The molecule has 0 aromatic carbocycles. The number of amides is 1. The van der Waals surface area contributed by atoms with Gasteiger partial charge in [0.15, 0.2) is 0 Å². The minimum absolute atomic E-state index is 0.000285. The maximum Gasteiger partial charge on any atom is 0.251 e. The van der Waals surface area contributed by atoms with Crippen molar-refractivity contribution in [2.24, 2.45) is 0 Å². The summed E-state index contributed by atoms with van der Waals surface area (Å²) in [6, 6.07) is 8.83. The van der Waals surface area contributed by atoms with Crippen molar-refractivity contribution in [3.05, 3.63) is 41.7 Å². The predicted octanol–water partition coefficient (Wildman–Crippen LogP) is 1.54. The smallest absolute Gasteiger partial charge is 0.251 e. The minimum Gasteiger partial charge on any atom is -0.348 e. The third-order valence-corrected chi connectivity index (χ3v) is 4.68. The van der Waals surface area contributed by atoms with Crippen molar-refractivity contribution in [1.82, 2.24) is 15.0 Å². The molecule has 21 heavy (non-hydrogen) atoms. The highest BCUT2D eigenvalue weighted by atomic mass is 16.1. The number of carbonyl (C=O) groups is 1. The second kappa shape index (κ2) is 4.64. The molecule has 2 bridgehead atoms.